The largest absolute Gasteiger partial charge is 0.392 e. The van der Waals surface area contributed by atoms with Gasteiger partial charge in [-0.05, 0) is 49.2 Å². The standard InChI is InChI=1S/C17H16ClN3S/c1-10-6-14-15(7-11(10)2)21(9-16(19)22)17(20-14)12-4-3-5-13(18)8-12/h3-8H,9H2,1-2H3,(H2,19,22). The predicted octanol–water partition coefficient (Wildman–Crippen LogP) is 4.26. The molecule has 1 aromatic heterocycles. The average molecular weight is 330 g/mol. The molecule has 3 aromatic rings. The molecule has 0 unspecified atom stereocenters. The van der Waals surface area contributed by atoms with E-state index in [-0.39, 0.29) is 0 Å². The van der Waals surface area contributed by atoms with E-state index in [0.717, 1.165) is 22.4 Å². The zero-order valence-electron chi connectivity index (χ0n) is 12.4. The molecule has 0 spiro atoms. The third kappa shape index (κ3) is 2.72. The van der Waals surface area contributed by atoms with Crippen LogP contribution >= 0.6 is 23.8 Å². The summed E-state index contributed by atoms with van der Waals surface area (Å²) in [6.45, 7) is 4.63. The van der Waals surface area contributed by atoms with E-state index in [2.05, 4.69) is 30.5 Å². The molecule has 0 aliphatic heterocycles. The Hall–Kier alpha value is -1.91. The molecule has 0 saturated heterocycles. The first-order valence-electron chi connectivity index (χ1n) is 6.97. The van der Waals surface area contributed by atoms with Crippen molar-refractivity contribution in [2.75, 3.05) is 0 Å². The van der Waals surface area contributed by atoms with Crippen LogP contribution in [0.1, 0.15) is 11.1 Å². The Labute approximate surface area is 139 Å². The Morgan fingerprint density at radius 2 is 1.95 bits per heavy atom. The van der Waals surface area contributed by atoms with Gasteiger partial charge in [0.1, 0.15) is 5.82 Å². The quantitative estimate of drug-likeness (QED) is 0.730. The lowest BCUT2D eigenvalue weighted by Crippen LogP contribution is -2.17. The SMILES string of the molecule is Cc1cc2nc(-c3cccc(Cl)c3)n(CC(N)=S)c2cc1C. The van der Waals surface area contributed by atoms with Crippen LogP contribution in [0, 0.1) is 13.8 Å². The van der Waals surface area contributed by atoms with E-state index in [0.29, 0.717) is 16.6 Å². The van der Waals surface area contributed by atoms with Crippen LogP contribution in [0.15, 0.2) is 36.4 Å². The fourth-order valence-corrected chi connectivity index (χ4v) is 2.86. The van der Waals surface area contributed by atoms with Crippen LogP contribution in [0.25, 0.3) is 22.4 Å². The molecule has 0 aliphatic carbocycles. The van der Waals surface area contributed by atoms with Crippen LogP contribution in [0.3, 0.4) is 0 Å². The summed E-state index contributed by atoms with van der Waals surface area (Å²) in [5.74, 6) is 0.829. The molecular weight excluding hydrogens is 314 g/mol. The van der Waals surface area contributed by atoms with Crippen LogP contribution in [0.2, 0.25) is 5.02 Å². The maximum absolute atomic E-state index is 6.11. The predicted molar refractivity (Wildman–Crippen MR) is 96.4 cm³/mol. The van der Waals surface area contributed by atoms with Gasteiger partial charge >= 0.3 is 0 Å². The molecule has 0 radical (unpaired) electrons. The lowest BCUT2D eigenvalue weighted by atomic mass is 10.1. The fourth-order valence-electron chi connectivity index (χ4n) is 2.54. The van der Waals surface area contributed by atoms with Crippen molar-refractivity contribution in [3.8, 4) is 11.4 Å². The number of hydrogen-bond donors (Lipinski definition) is 1. The third-order valence-corrected chi connectivity index (χ3v) is 4.12. The molecular formula is C17H16ClN3S. The number of aromatic nitrogens is 2. The first kappa shape index (κ1) is 15.0. The summed E-state index contributed by atoms with van der Waals surface area (Å²) in [5.41, 5.74) is 11.1. The highest BCUT2D eigenvalue weighted by atomic mass is 35.5. The Bertz CT molecular complexity index is 883. The highest BCUT2D eigenvalue weighted by Gasteiger charge is 2.14. The number of aryl methyl sites for hydroxylation is 2. The number of imidazole rings is 1. The van der Waals surface area contributed by atoms with E-state index in [9.17, 15) is 0 Å². The maximum atomic E-state index is 6.11. The molecule has 112 valence electrons. The second-order valence-electron chi connectivity index (χ2n) is 5.42. The van der Waals surface area contributed by atoms with Crippen LogP contribution < -0.4 is 5.73 Å². The molecule has 22 heavy (non-hydrogen) atoms. The van der Waals surface area contributed by atoms with Gasteiger partial charge in [-0.15, -0.1) is 0 Å². The van der Waals surface area contributed by atoms with Crippen molar-refractivity contribution in [1.29, 1.82) is 0 Å². The summed E-state index contributed by atoms with van der Waals surface area (Å²) in [4.78, 5) is 5.20. The van der Waals surface area contributed by atoms with Crippen molar-refractivity contribution >= 4 is 39.8 Å². The Kier molecular flexibility index (Phi) is 3.89. The topological polar surface area (TPSA) is 43.8 Å². The van der Waals surface area contributed by atoms with E-state index in [4.69, 9.17) is 34.5 Å². The minimum atomic E-state index is 0.431. The van der Waals surface area contributed by atoms with Crippen molar-refractivity contribution in [2.45, 2.75) is 20.4 Å². The molecule has 2 N–H and O–H groups in total. The lowest BCUT2D eigenvalue weighted by molar-refractivity contribution is 0.895. The summed E-state index contributed by atoms with van der Waals surface area (Å²) < 4.78 is 2.05. The zero-order valence-corrected chi connectivity index (χ0v) is 14.0. The molecule has 0 fully saturated rings. The van der Waals surface area contributed by atoms with Crippen molar-refractivity contribution in [3.63, 3.8) is 0 Å². The molecule has 5 heteroatoms. The molecule has 0 bridgehead atoms. The van der Waals surface area contributed by atoms with Crippen LogP contribution in [-0.4, -0.2) is 14.5 Å². The first-order valence-corrected chi connectivity index (χ1v) is 7.76. The normalized spacial score (nSPS) is 11.0. The lowest BCUT2D eigenvalue weighted by Gasteiger charge is -2.09. The number of halogens is 1. The Morgan fingerprint density at radius 3 is 2.64 bits per heavy atom. The van der Waals surface area contributed by atoms with Gasteiger partial charge in [0.05, 0.1) is 22.6 Å². The minimum absolute atomic E-state index is 0.431. The Morgan fingerprint density at radius 1 is 1.23 bits per heavy atom. The van der Waals surface area contributed by atoms with Crippen LogP contribution in [0.5, 0.6) is 0 Å². The second-order valence-corrected chi connectivity index (χ2v) is 6.38. The van der Waals surface area contributed by atoms with E-state index in [1.807, 2.05) is 24.3 Å². The van der Waals surface area contributed by atoms with E-state index in [1.165, 1.54) is 11.1 Å². The summed E-state index contributed by atoms with van der Waals surface area (Å²) in [6.07, 6.45) is 0. The molecule has 0 aliphatic rings. The van der Waals surface area contributed by atoms with Crippen molar-refractivity contribution in [3.05, 3.63) is 52.5 Å². The molecule has 0 amide bonds. The number of nitrogens with two attached hydrogens (primary N) is 1. The zero-order chi connectivity index (χ0) is 15.9. The van der Waals surface area contributed by atoms with Crippen LogP contribution in [0.4, 0.5) is 0 Å². The monoisotopic (exact) mass is 329 g/mol. The van der Waals surface area contributed by atoms with Crippen molar-refractivity contribution < 1.29 is 0 Å². The fraction of sp³-hybridized carbons (Fsp3) is 0.176. The summed E-state index contributed by atoms with van der Waals surface area (Å²) >= 11 is 11.2. The Balaban J connectivity index is 2.30. The number of rotatable bonds is 3. The first-order chi connectivity index (χ1) is 10.5. The van der Waals surface area contributed by atoms with Crippen molar-refractivity contribution in [2.24, 2.45) is 5.73 Å². The highest BCUT2D eigenvalue weighted by molar-refractivity contribution is 7.80. The number of thiocarbonyl (C=S) groups is 1. The molecule has 2 aromatic carbocycles. The molecule has 1 heterocycles. The average Bonchev–Trinajstić information content (AvgIpc) is 2.77. The summed E-state index contributed by atoms with van der Waals surface area (Å²) in [5, 5.41) is 0.679. The van der Waals surface area contributed by atoms with Gasteiger partial charge in [0.25, 0.3) is 0 Å². The minimum Gasteiger partial charge on any atom is -0.392 e. The van der Waals surface area contributed by atoms with Gasteiger partial charge in [-0.25, -0.2) is 4.98 Å². The molecule has 3 rings (SSSR count). The van der Waals surface area contributed by atoms with E-state index < -0.39 is 0 Å². The number of hydrogen-bond acceptors (Lipinski definition) is 2. The summed E-state index contributed by atoms with van der Waals surface area (Å²) in [7, 11) is 0. The number of nitrogens with zero attached hydrogens (tertiary/aromatic N) is 2. The van der Waals surface area contributed by atoms with Gasteiger partial charge in [0.2, 0.25) is 0 Å². The summed E-state index contributed by atoms with van der Waals surface area (Å²) in [6, 6.07) is 11.9. The van der Waals surface area contributed by atoms with Gasteiger partial charge in [-0.3, -0.25) is 0 Å². The van der Waals surface area contributed by atoms with Gasteiger partial charge in [-0.1, -0.05) is 36.0 Å². The number of fused-ring (bicyclic) bond motifs is 1. The number of benzene rings is 2. The second kappa shape index (κ2) is 5.71. The third-order valence-electron chi connectivity index (χ3n) is 3.76. The molecule has 3 nitrogen and oxygen atoms in total. The smallest absolute Gasteiger partial charge is 0.141 e. The van der Waals surface area contributed by atoms with Crippen molar-refractivity contribution in [1.82, 2.24) is 9.55 Å². The van der Waals surface area contributed by atoms with Crippen LogP contribution in [-0.2, 0) is 6.54 Å². The highest BCUT2D eigenvalue weighted by Crippen LogP contribution is 2.28. The molecule has 0 saturated carbocycles. The van der Waals surface area contributed by atoms with Gasteiger partial charge in [-0.2, -0.15) is 0 Å². The van der Waals surface area contributed by atoms with Gasteiger partial charge < -0.3 is 10.3 Å². The van der Waals surface area contributed by atoms with E-state index in [1.54, 1.807) is 0 Å². The van der Waals surface area contributed by atoms with E-state index >= 15 is 0 Å². The molecule has 0 atom stereocenters. The maximum Gasteiger partial charge on any atom is 0.141 e. The van der Waals surface area contributed by atoms with Gasteiger partial charge in [0, 0.05) is 10.6 Å². The van der Waals surface area contributed by atoms with Gasteiger partial charge in [0.15, 0.2) is 0 Å².